The number of fused-ring (bicyclic) bond motifs is 1. The van der Waals surface area contributed by atoms with Crippen molar-refractivity contribution in [3.8, 4) is 0 Å². The number of rotatable bonds is 0. The summed E-state index contributed by atoms with van der Waals surface area (Å²) in [7, 11) is 0. The van der Waals surface area contributed by atoms with Crippen LogP contribution in [0.5, 0.6) is 0 Å². The first-order valence-corrected chi connectivity index (χ1v) is 4.17. The van der Waals surface area contributed by atoms with E-state index < -0.39 is 0 Å². The number of halogens is 1. The average Bonchev–Trinajstić information content (AvgIpc) is 2.33. The number of aryl methyl sites for hydroxylation is 2. The van der Waals surface area contributed by atoms with Crippen molar-refractivity contribution < 1.29 is 0 Å². The molecule has 3 heteroatoms. The van der Waals surface area contributed by atoms with Gasteiger partial charge in [0.05, 0.1) is 11.2 Å². The second-order valence-corrected chi connectivity index (χ2v) is 3.39. The van der Waals surface area contributed by atoms with Crippen molar-refractivity contribution in [2.24, 2.45) is 0 Å². The zero-order valence-corrected chi connectivity index (χ0v) is 7.74. The fourth-order valence-corrected chi connectivity index (χ4v) is 1.65. The first-order valence-electron chi connectivity index (χ1n) is 3.79. The van der Waals surface area contributed by atoms with Gasteiger partial charge in [0.25, 0.3) is 0 Å². The van der Waals surface area contributed by atoms with Crippen molar-refractivity contribution in [3.05, 3.63) is 28.4 Å². The third kappa shape index (κ3) is 0.994. The molecule has 0 bridgehead atoms. The van der Waals surface area contributed by atoms with E-state index in [0.717, 1.165) is 27.2 Å². The van der Waals surface area contributed by atoms with Crippen LogP contribution in [0.4, 0.5) is 0 Å². The lowest BCUT2D eigenvalue weighted by atomic mass is 10.1. The number of H-pyrrole nitrogens is 1. The standard InChI is InChI=1S/C9H9ClN2/c1-5-3-7(10)4-8-6(2)11-12-9(5)8/h3-4H,1-2H3,(H,11,12). The number of aromatic amines is 1. The van der Waals surface area contributed by atoms with Crippen molar-refractivity contribution in [3.63, 3.8) is 0 Å². The highest BCUT2D eigenvalue weighted by atomic mass is 35.5. The Hall–Kier alpha value is -1.02. The summed E-state index contributed by atoms with van der Waals surface area (Å²) >= 11 is 5.91. The van der Waals surface area contributed by atoms with Crippen LogP contribution in [0.15, 0.2) is 12.1 Å². The maximum Gasteiger partial charge on any atom is 0.0683 e. The average molecular weight is 181 g/mol. The minimum Gasteiger partial charge on any atom is -0.277 e. The Balaban J connectivity index is 2.92. The Kier molecular flexibility index (Phi) is 1.58. The summed E-state index contributed by atoms with van der Waals surface area (Å²) in [6, 6.07) is 3.87. The Morgan fingerprint density at radius 1 is 1.33 bits per heavy atom. The highest BCUT2D eigenvalue weighted by Crippen LogP contribution is 2.23. The first kappa shape index (κ1) is 7.62. The van der Waals surface area contributed by atoms with Crippen LogP contribution in [0.3, 0.4) is 0 Å². The summed E-state index contributed by atoms with van der Waals surface area (Å²) in [5.74, 6) is 0. The van der Waals surface area contributed by atoms with Crippen LogP contribution in [0, 0.1) is 13.8 Å². The van der Waals surface area contributed by atoms with E-state index in [0.29, 0.717) is 0 Å². The van der Waals surface area contributed by atoms with Gasteiger partial charge in [0, 0.05) is 10.4 Å². The number of benzene rings is 1. The van der Waals surface area contributed by atoms with E-state index in [1.54, 1.807) is 0 Å². The maximum absolute atomic E-state index is 5.91. The molecule has 2 aromatic rings. The van der Waals surface area contributed by atoms with E-state index in [9.17, 15) is 0 Å². The van der Waals surface area contributed by atoms with Gasteiger partial charge in [-0.3, -0.25) is 5.10 Å². The summed E-state index contributed by atoms with van der Waals surface area (Å²) in [4.78, 5) is 0. The predicted molar refractivity (Wildman–Crippen MR) is 50.6 cm³/mol. The SMILES string of the molecule is Cc1n[nH]c2c(C)cc(Cl)cc12. The van der Waals surface area contributed by atoms with Gasteiger partial charge in [-0.25, -0.2) is 0 Å². The Morgan fingerprint density at radius 2 is 2.08 bits per heavy atom. The van der Waals surface area contributed by atoms with Crippen LogP contribution >= 0.6 is 11.6 Å². The van der Waals surface area contributed by atoms with E-state index in [-0.39, 0.29) is 0 Å². The van der Waals surface area contributed by atoms with Gasteiger partial charge in [-0.2, -0.15) is 5.10 Å². The molecule has 1 aromatic heterocycles. The van der Waals surface area contributed by atoms with Crippen molar-refractivity contribution in [2.75, 3.05) is 0 Å². The summed E-state index contributed by atoms with van der Waals surface area (Å²) in [5, 5.41) is 8.97. The van der Waals surface area contributed by atoms with Gasteiger partial charge in [-0.15, -0.1) is 0 Å². The topological polar surface area (TPSA) is 28.7 Å². The molecule has 0 spiro atoms. The van der Waals surface area contributed by atoms with Gasteiger partial charge in [-0.05, 0) is 31.5 Å². The number of nitrogens with one attached hydrogen (secondary N) is 1. The molecule has 0 atom stereocenters. The van der Waals surface area contributed by atoms with Crippen molar-refractivity contribution in [1.82, 2.24) is 10.2 Å². The van der Waals surface area contributed by atoms with Gasteiger partial charge >= 0.3 is 0 Å². The summed E-state index contributed by atoms with van der Waals surface area (Å²) in [5.41, 5.74) is 3.21. The van der Waals surface area contributed by atoms with E-state index in [1.807, 2.05) is 26.0 Å². The predicted octanol–water partition coefficient (Wildman–Crippen LogP) is 2.83. The van der Waals surface area contributed by atoms with Crippen molar-refractivity contribution in [2.45, 2.75) is 13.8 Å². The Morgan fingerprint density at radius 3 is 2.83 bits per heavy atom. The molecule has 0 aliphatic heterocycles. The second kappa shape index (κ2) is 2.49. The molecule has 12 heavy (non-hydrogen) atoms. The van der Waals surface area contributed by atoms with Crippen LogP contribution in [0.25, 0.3) is 10.9 Å². The molecule has 0 amide bonds. The molecule has 0 saturated heterocycles. The zero-order valence-electron chi connectivity index (χ0n) is 6.98. The smallest absolute Gasteiger partial charge is 0.0683 e. The molecule has 0 saturated carbocycles. The molecule has 2 nitrogen and oxygen atoms in total. The van der Waals surface area contributed by atoms with Gasteiger partial charge < -0.3 is 0 Å². The normalized spacial score (nSPS) is 10.9. The number of aromatic nitrogens is 2. The molecule has 0 unspecified atom stereocenters. The van der Waals surface area contributed by atoms with E-state index in [4.69, 9.17) is 11.6 Å². The lowest BCUT2D eigenvalue weighted by Gasteiger charge is -1.96. The van der Waals surface area contributed by atoms with Crippen LogP contribution in [0.1, 0.15) is 11.3 Å². The van der Waals surface area contributed by atoms with Gasteiger partial charge in [0.1, 0.15) is 0 Å². The van der Waals surface area contributed by atoms with Gasteiger partial charge in [0.2, 0.25) is 0 Å². The summed E-state index contributed by atoms with van der Waals surface area (Å²) in [6.45, 7) is 3.99. The van der Waals surface area contributed by atoms with E-state index in [1.165, 1.54) is 0 Å². The van der Waals surface area contributed by atoms with E-state index in [2.05, 4.69) is 10.2 Å². The van der Waals surface area contributed by atoms with Crippen LogP contribution in [-0.2, 0) is 0 Å². The lowest BCUT2D eigenvalue weighted by molar-refractivity contribution is 1.06. The molecular formula is C9H9ClN2. The quantitative estimate of drug-likeness (QED) is 0.664. The van der Waals surface area contributed by atoms with Crippen LogP contribution in [0.2, 0.25) is 5.02 Å². The summed E-state index contributed by atoms with van der Waals surface area (Å²) in [6.07, 6.45) is 0. The van der Waals surface area contributed by atoms with Crippen LogP contribution < -0.4 is 0 Å². The number of nitrogens with zero attached hydrogens (tertiary/aromatic N) is 1. The third-order valence-corrected chi connectivity index (χ3v) is 2.24. The van der Waals surface area contributed by atoms with Gasteiger partial charge in [-0.1, -0.05) is 11.6 Å². The first-order chi connectivity index (χ1) is 5.68. The van der Waals surface area contributed by atoms with Crippen LogP contribution in [-0.4, -0.2) is 10.2 Å². The minimum atomic E-state index is 0.768. The number of hydrogen-bond donors (Lipinski definition) is 1. The zero-order chi connectivity index (χ0) is 8.72. The fraction of sp³-hybridized carbons (Fsp3) is 0.222. The Labute approximate surface area is 75.5 Å². The molecule has 1 aromatic carbocycles. The molecule has 0 radical (unpaired) electrons. The maximum atomic E-state index is 5.91. The molecule has 1 N–H and O–H groups in total. The largest absolute Gasteiger partial charge is 0.277 e. The molecule has 62 valence electrons. The minimum absolute atomic E-state index is 0.768. The summed E-state index contributed by atoms with van der Waals surface area (Å²) < 4.78 is 0. The fourth-order valence-electron chi connectivity index (χ4n) is 1.38. The van der Waals surface area contributed by atoms with Crippen molar-refractivity contribution in [1.29, 1.82) is 0 Å². The highest BCUT2D eigenvalue weighted by molar-refractivity contribution is 6.31. The van der Waals surface area contributed by atoms with Gasteiger partial charge in [0.15, 0.2) is 0 Å². The Bertz CT molecular complexity index is 431. The molecule has 1 heterocycles. The van der Waals surface area contributed by atoms with E-state index >= 15 is 0 Å². The highest BCUT2D eigenvalue weighted by Gasteiger charge is 2.04. The third-order valence-electron chi connectivity index (χ3n) is 2.03. The number of hydrogen-bond acceptors (Lipinski definition) is 1. The molecule has 0 aliphatic carbocycles. The van der Waals surface area contributed by atoms with Crippen molar-refractivity contribution >= 4 is 22.5 Å². The monoisotopic (exact) mass is 180 g/mol. The molecule has 2 rings (SSSR count). The molecular weight excluding hydrogens is 172 g/mol. The second-order valence-electron chi connectivity index (χ2n) is 2.95. The lowest BCUT2D eigenvalue weighted by Crippen LogP contribution is -1.76. The molecule has 0 fully saturated rings. The molecule has 0 aliphatic rings.